The van der Waals surface area contributed by atoms with Crippen molar-refractivity contribution in [2.24, 2.45) is 7.05 Å². The van der Waals surface area contributed by atoms with Gasteiger partial charge in [0.2, 0.25) is 5.78 Å². The number of carbonyl (C=O) groups is 2. The average molecular weight is 358 g/mol. The van der Waals surface area contributed by atoms with Gasteiger partial charge < -0.3 is 4.74 Å². The Kier molecular flexibility index (Phi) is 4.55. The van der Waals surface area contributed by atoms with Crippen molar-refractivity contribution in [3.63, 3.8) is 0 Å². The molecule has 0 spiro atoms. The van der Waals surface area contributed by atoms with Crippen LogP contribution in [0.1, 0.15) is 33.3 Å². The molecule has 0 saturated heterocycles. The Morgan fingerprint density at radius 3 is 2.56 bits per heavy atom. The molecule has 6 nitrogen and oxygen atoms in total. The fraction of sp³-hybridized carbons (Fsp3) is 0.222. The Bertz CT molecular complexity index is 964. The maximum atomic E-state index is 12.3. The summed E-state index contributed by atoms with van der Waals surface area (Å²) in [5, 5.41) is 5.57. The number of hydrogen-bond acceptors (Lipinski definition) is 5. The first kappa shape index (κ1) is 17.1. The Morgan fingerprint density at radius 1 is 1.20 bits per heavy atom. The Balaban J connectivity index is 1.78. The summed E-state index contributed by atoms with van der Waals surface area (Å²) >= 11 is 5.81. The summed E-state index contributed by atoms with van der Waals surface area (Å²) < 4.78 is 6.94. The minimum Gasteiger partial charge on any atom is -0.451 e. The van der Waals surface area contributed by atoms with E-state index in [1.165, 1.54) is 13.1 Å². The summed E-state index contributed by atoms with van der Waals surface area (Å²) in [5.41, 5.74) is 2.16. The average Bonchev–Trinajstić information content (AvgIpc) is 2.88. The number of nitrogens with zero attached hydrogens (tertiary/aromatic N) is 3. The van der Waals surface area contributed by atoms with Crippen LogP contribution in [0.15, 0.2) is 36.5 Å². The number of aryl methyl sites for hydroxylation is 2. The minimum absolute atomic E-state index is 0.277. The lowest BCUT2D eigenvalue weighted by Gasteiger charge is -2.12. The second kappa shape index (κ2) is 6.64. The van der Waals surface area contributed by atoms with Crippen LogP contribution < -0.4 is 0 Å². The highest BCUT2D eigenvalue weighted by Gasteiger charge is 2.21. The molecule has 2 aromatic heterocycles. The van der Waals surface area contributed by atoms with Crippen LogP contribution in [0.3, 0.4) is 0 Å². The summed E-state index contributed by atoms with van der Waals surface area (Å²) in [4.78, 5) is 28.9. The number of halogens is 1. The Morgan fingerprint density at radius 2 is 1.88 bits per heavy atom. The standard InChI is InChI=1S/C18H16ClN3O3/c1-10-15-8-13(9-20-17(15)22(3)21-10)18(24)25-11(2)16(23)12-4-6-14(19)7-5-12/h4-9,11H,1-3H3/t11-/m0/s1. The molecule has 1 atom stereocenters. The third kappa shape index (κ3) is 3.39. The van der Waals surface area contributed by atoms with Gasteiger partial charge in [0.15, 0.2) is 11.8 Å². The molecule has 0 radical (unpaired) electrons. The molecule has 0 unspecified atom stereocenters. The van der Waals surface area contributed by atoms with Crippen molar-refractivity contribution in [3.8, 4) is 0 Å². The molecule has 25 heavy (non-hydrogen) atoms. The molecule has 3 aromatic rings. The molecule has 128 valence electrons. The zero-order valence-corrected chi connectivity index (χ0v) is 14.7. The first-order valence-electron chi connectivity index (χ1n) is 7.67. The van der Waals surface area contributed by atoms with Crippen LogP contribution in [0.2, 0.25) is 5.02 Å². The van der Waals surface area contributed by atoms with Crippen molar-refractivity contribution in [1.82, 2.24) is 14.8 Å². The highest BCUT2D eigenvalue weighted by molar-refractivity contribution is 6.30. The molecule has 0 N–H and O–H groups in total. The number of ether oxygens (including phenoxy) is 1. The Labute approximate surface area is 149 Å². The van der Waals surface area contributed by atoms with Crippen molar-refractivity contribution in [2.75, 3.05) is 0 Å². The molecule has 0 fully saturated rings. The Hall–Kier alpha value is -2.73. The number of aromatic nitrogens is 3. The third-order valence-corrected chi connectivity index (χ3v) is 4.13. The molecule has 3 rings (SSSR count). The number of pyridine rings is 1. The molecule has 0 saturated carbocycles. The number of hydrogen-bond donors (Lipinski definition) is 0. The van der Waals surface area contributed by atoms with Gasteiger partial charge >= 0.3 is 5.97 Å². The first-order valence-corrected chi connectivity index (χ1v) is 8.04. The van der Waals surface area contributed by atoms with Gasteiger partial charge in [-0.05, 0) is 44.2 Å². The van der Waals surface area contributed by atoms with Crippen LogP contribution in [0.5, 0.6) is 0 Å². The van der Waals surface area contributed by atoms with Crippen LogP contribution in [0.4, 0.5) is 0 Å². The van der Waals surface area contributed by atoms with Gasteiger partial charge in [0.25, 0.3) is 0 Å². The summed E-state index contributed by atoms with van der Waals surface area (Å²) in [6, 6.07) is 8.11. The molecule has 0 aliphatic heterocycles. The van der Waals surface area contributed by atoms with Crippen molar-refractivity contribution < 1.29 is 14.3 Å². The first-order chi connectivity index (χ1) is 11.9. The van der Waals surface area contributed by atoms with Crippen LogP contribution in [-0.2, 0) is 11.8 Å². The van der Waals surface area contributed by atoms with Gasteiger partial charge in [-0.1, -0.05) is 11.6 Å². The maximum absolute atomic E-state index is 12.3. The number of rotatable bonds is 4. The highest BCUT2D eigenvalue weighted by Crippen LogP contribution is 2.18. The van der Waals surface area contributed by atoms with Gasteiger partial charge in [-0.25, -0.2) is 9.78 Å². The van der Waals surface area contributed by atoms with E-state index < -0.39 is 12.1 Å². The van der Waals surface area contributed by atoms with E-state index in [4.69, 9.17) is 16.3 Å². The maximum Gasteiger partial charge on any atom is 0.340 e. The van der Waals surface area contributed by atoms with Gasteiger partial charge in [0, 0.05) is 29.2 Å². The van der Waals surface area contributed by atoms with Crippen molar-refractivity contribution in [2.45, 2.75) is 20.0 Å². The van der Waals surface area contributed by atoms with Gasteiger partial charge in [-0.3, -0.25) is 9.48 Å². The van der Waals surface area contributed by atoms with E-state index in [0.29, 0.717) is 16.2 Å². The lowest BCUT2D eigenvalue weighted by molar-refractivity contribution is 0.0318. The molecule has 0 bridgehead atoms. The lowest BCUT2D eigenvalue weighted by Crippen LogP contribution is -2.24. The SMILES string of the molecule is Cc1nn(C)c2ncc(C(=O)O[C@@H](C)C(=O)c3ccc(Cl)cc3)cc12. The van der Waals surface area contributed by atoms with Gasteiger partial charge in [0.05, 0.1) is 11.3 Å². The summed E-state index contributed by atoms with van der Waals surface area (Å²) in [5.74, 6) is -0.899. The zero-order chi connectivity index (χ0) is 18.1. The molecular formula is C18H16ClN3O3. The van der Waals surface area contributed by atoms with Gasteiger partial charge in [-0.2, -0.15) is 5.10 Å². The van der Waals surface area contributed by atoms with E-state index in [0.717, 1.165) is 11.1 Å². The molecule has 0 aliphatic rings. The van der Waals surface area contributed by atoms with E-state index >= 15 is 0 Å². The predicted molar refractivity (Wildman–Crippen MR) is 93.9 cm³/mol. The number of ketones is 1. The molecule has 7 heteroatoms. The molecular weight excluding hydrogens is 342 g/mol. The smallest absolute Gasteiger partial charge is 0.340 e. The second-order valence-corrected chi connectivity index (χ2v) is 6.16. The van der Waals surface area contributed by atoms with Crippen molar-refractivity contribution in [3.05, 3.63) is 58.4 Å². The molecule has 2 heterocycles. The summed E-state index contributed by atoms with van der Waals surface area (Å²) in [6.45, 7) is 3.38. The molecule has 1 aromatic carbocycles. The number of carbonyl (C=O) groups excluding carboxylic acids is 2. The zero-order valence-electron chi connectivity index (χ0n) is 14.0. The third-order valence-electron chi connectivity index (χ3n) is 3.88. The van der Waals surface area contributed by atoms with Crippen molar-refractivity contribution >= 4 is 34.4 Å². The topological polar surface area (TPSA) is 74.1 Å². The van der Waals surface area contributed by atoms with Crippen LogP contribution >= 0.6 is 11.6 Å². The normalized spacial score (nSPS) is 12.2. The molecule has 0 aliphatic carbocycles. The summed E-state index contributed by atoms with van der Waals surface area (Å²) in [7, 11) is 1.78. The highest BCUT2D eigenvalue weighted by atomic mass is 35.5. The van der Waals surface area contributed by atoms with E-state index in [-0.39, 0.29) is 11.3 Å². The van der Waals surface area contributed by atoms with E-state index in [2.05, 4.69) is 10.1 Å². The van der Waals surface area contributed by atoms with Crippen LogP contribution in [0.25, 0.3) is 11.0 Å². The fourth-order valence-electron chi connectivity index (χ4n) is 2.55. The van der Waals surface area contributed by atoms with Crippen molar-refractivity contribution in [1.29, 1.82) is 0 Å². The lowest BCUT2D eigenvalue weighted by atomic mass is 10.1. The largest absolute Gasteiger partial charge is 0.451 e. The fourth-order valence-corrected chi connectivity index (χ4v) is 2.68. The summed E-state index contributed by atoms with van der Waals surface area (Å²) in [6.07, 6.45) is 0.505. The van der Waals surface area contributed by atoms with Gasteiger partial charge in [-0.15, -0.1) is 0 Å². The second-order valence-electron chi connectivity index (χ2n) is 5.72. The quantitative estimate of drug-likeness (QED) is 0.528. The number of fused-ring (bicyclic) bond motifs is 1. The van der Waals surface area contributed by atoms with E-state index in [1.54, 1.807) is 42.1 Å². The van der Waals surface area contributed by atoms with Crippen LogP contribution in [0, 0.1) is 6.92 Å². The van der Waals surface area contributed by atoms with E-state index in [9.17, 15) is 9.59 Å². The minimum atomic E-state index is -0.917. The monoisotopic (exact) mass is 357 g/mol. The number of Topliss-reactive ketones (excluding diaryl/α,β-unsaturated/α-hetero) is 1. The van der Waals surface area contributed by atoms with Gasteiger partial charge in [0.1, 0.15) is 0 Å². The number of benzene rings is 1. The van der Waals surface area contributed by atoms with E-state index in [1.807, 2.05) is 6.92 Å². The predicted octanol–water partition coefficient (Wildman–Crippen LogP) is 3.36. The van der Waals surface area contributed by atoms with Crippen LogP contribution in [-0.4, -0.2) is 32.6 Å². The number of esters is 1. The molecule has 0 amide bonds.